The summed E-state index contributed by atoms with van der Waals surface area (Å²) in [4.78, 5) is 16.5. The number of aliphatic imine (C=N–C) groups is 1. The van der Waals surface area contributed by atoms with Gasteiger partial charge in [-0.15, -0.1) is 0 Å². The Morgan fingerprint density at radius 2 is 1.84 bits per heavy atom. The molecule has 1 aliphatic heterocycles. The highest BCUT2D eigenvalue weighted by Gasteiger charge is 2.07. The molecule has 2 aromatic rings. The lowest BCUT2D eigenvalue weighted by Gasteiger charge is -2.06. The van der Waals surface area contributed by atoms with E-state index in [1.807, 2.05) is 42.5 Å². The molecule has 4 nitrogen and oxygen atoms in total. The molecule has 2 N–H and O–H groups in total. The SMILES string of the molecule is CC(C)c1ccc(C=CC(=O)Nc2ccc(C3=NCCN3)cc2)cc1. The molecule has 1 heterocycles. The number of amides is 1. The van der Waals surface area contributed by atoms with Crippen molar-refractivity contribution in [2.75, 3.05) is 18.4 Å². The molecular formula is C21H23N3O. The average Bonchev–Trinajstić information content (AvgIpc) is 3.15. The van der Waals surface area contributed by atoms with Crippen LogP contribution in [0.3, 0.4) is 0 Å². The smallest absolute Gasteiger partial charge is 0.248 e. The summed E-state index contributed by atoms with van der Waals surface area (Å²) in [6, 6.07) is 16.0. The standard InChI is InChI=1S/C21H23N3O/c1-15(2)17-6-3-16(4-7-17)5-12-20(25)24-19-10-8-18(9-11-19)21-22-13-14-23-21/h3-12,15H,13-14H2,1-2H3,(H,22,23)(H,24,25). The first kappa shape index (κ1) is 17.0. The van der Waals surface area contributed by atoms with Gasteiger partial charge in [0.2, 0.25) is 5.91 Å². The number of carbonyl (C=O) groups excluding carboxylic acids is 1. The van der Waals surface area contributed by atoms with Crippen molar-refractivity contribution in [3.8, 4) is 0 Å². The van der Waals surface area contributed by atoms with Crippen LogP contribution in [-0.2, 0) is 4.79 Å². The summed E-state index contributed by atoms with van der Waals surface area (Å²) in [5.74, 6) is 1.29. The van der Waals surface area contributed by atoms with Crippen LogP contribution in [-0.4, -0.2) is 24.8 Å². The topological polar surface area (TPSA) is 53.5 Å². The molecule has 128 valence electrons. The second kappa shape index (κ2) is 7.79. The Kier molecular flexibility index (Phi) is 5.29. The van der Waals surface area contributed by atoms with Crippen LogP contribution in [0.5, 0.6) is 0 Å². The maximum atomic E-state index is 12.1. The monoisotopic (exact) mass is 333 g/mol. The molecule has 0 aromatic heterocycles. The Morgan fingerprint density at radius 3 is 2.44 bits per heavy atom. The molecule has 0 radical (unpaired) electrons. The molecule has 1 amide bonds. The number of rotatable bonds is 5. The van der Waals surface area contributed by atoms with E-state index in [-0.39, 0.29) is 5.91 Å². The summed E-state index contributed by atoms with van der Waals surface area (Å²) in [6.07, 6.45) is 3.38. The number of hydrogen-bond acceptors (Lipinski definition) is 3. The number of anilines is 1. The van der Waals surface area contributed by atoms with Crippen molar-refractivity contribution in [1.82, 2.24) is 5.32 Å². The van der Waals surface area contributed by atoms with Crippen LogP contribution in [0.25, 0.3) is 6.08 Å². The van der Waals surface area contributed by atoms with E-state index < -0.39 is 0 Å². The van der Waals surface area contributed by atoms with E-state index in [2.05, 4.69) is 41.6 Å². The first-order valence-electron chi connectivity index (χ1n) is 8.59. The number of nitrogens with one attached hydrogen (secondary N) is 2. The number of hydrogen-bond donors (Lipinski definition) is 2. The number of nitrogens with zero attached hydrogens (tertiary/aromatic N) is 1. The van der Waals surface area contributed by atoms with Crippen LogP contribution in [0, 0.1) is 0 Å². The second-order valence-electron chi connectivity index (χ2n) is 6.38. The lowest BCUT2D eigenvalue weighted by molar-refractivity contribution is -0.111. The molecule has 0 saturated carbocycles. The third-order valence-corrected chi connectivity index (χ3v) is 4.13. The minimum Gasteiger partial charge on any atom is -0.368 e. The molecule has 0 unspecified atom stereocenters. The minimum atomic E-state index is -0.142. The van der Waals surface area contributed by atoms with Crippen molar-refractivity contribution in [3.63, 3.8) is 0 Å². The molecule has 0 aliphatic carbocycles. The summed E-state index contributed by atoms with van der Waals surface area (Å²) in [5.41, 5.74) is 4.12. The number of amidine groups is 1. The van der Waals surface area contributed by atoms with Gasteiger partial charge < -0.3 is 10.6 Å². The zero-order valence-corrected chi connectivity index (χ0v) is 14.6. The fraction of sp³-hybridized carbons (Fsp3) is 0.238. The van der Waals surface area contributed by atoms with Crippen LogP contribution < -0.4 is 10.6 Å². The average molecular weight is 333 g/mol. The lowest BCUT2D eigenvalue weighted by Crippen LogP contribution is -2.19. The Labute approximate surface area is 148 Å². The number of benzene rings is 2. The van der Waals surface area contributed by atoms with Gasteiger partial charge in [-0.2, -0.15) is 0 Å². The van der Waals surface area contributed by atoms with Crippen LogP contribution in [0.4, 0.5) is 5.69 Å². The summed E-state index contributed by atoms with van der Waals surface area (Å²) in [5, 5.41) is 6.11. The van der Waals surface area contributed by atoms with Gasteiger partial charge in [-0.05, 0) is 47.4 Å². The van der Waals surface area contributed by atoms with Gasteiger partial charge in [0, 0.05) is 23.9 Å². The fourth-order valence-corrected chi connectivity index (χ4v) is 2.65. The zero-order chi connectivity index (χ0) is 17.6. The third-order valence-electron chi connectivity index (χ3n) is 4.13. The van der Waals surface area contributed by atoms with E-state index >= 15 is 0 Å². The van der Waals surface area contributed by atoms with Crippen LogP contribution in [0.1, 0.15) is 36.5 Å². The quantitative estimate of drug-likeness (QED) is 0.818. The van der Waals surface area contributed by atoms with Crippen LogP contribution in [0.15, 0.2) is 59.6 Å². The highest BCUT2D eigenvalue weighted by Crippen LogP contribution is 2.15. The Hall–Kier alpha value is -2.88. The largest absolute Gasteiger partial charge is 0.368 e. The van der Waals surface area contributed by atoms with E-state index in [0.29, 0.717) is 5.92 Å². The van der Waals surface area contributed by atoms with Crippen molar-refractivity contribution in [2.24, 2.45) is 4.99 Å². The molecule has 0 atom stereocenters. The van der Waals surface area contributed by atoms with Gasteiger partial charge in [0.15, 0.2) is 0 Å². The Balaban J connectivity index is 1.58. The highest BCUT2D eigenvalue weighted by molar-refractivity contribution is 6.03. The van der Waals surface area contributed by atoms with Gasteiger partial charge in [0.1, 0.15) is 5.84 Å². The van der Waals surface area contributed by atoms with E-state index in [1.165, 1.54) is 5.56 Å². The maximum Gasteiger partial charge on any atom is 0.248 e. The van der Waals surface area contributed by atoms with E-state index in [1.54, 1.807) is 6.08 Å². The third kappa shape index (κ3) is 4.57. The van der Waals surface area contributed by atoms with Crippen molar-refractivity contribution in [2.45, 2.75) is 19.8 Å². The molecule has 0 fully saturated rings. The van der Waals surface area contributed by atoms with E-state index in [0.717, 1.165) is 35.7 Å². The molecule has 2 aromatic carbocycles. The van der Waals surface area contributed by atoms with Crippen molar-refractivity contribution in [1.29, 1.82) is 0 Å². The molecule has 25 heavy (non-hydrogen) atoms. The molecular weight excluding hydrogens is 310 g/mol. The Bertz CT molecular complexity index is 787. The number of carbonyl (C=O) groups is 1. The maximum absolute atomic E-state index is 12.1. The summed E-state index contributed by atoms with van der Waals surface area (Å²) >= 11 is 0. The fourth-order valence-electron chi connectivity index (χ4n) is 2.65. The second-order valence-corrected chi connectivity index (χ2v) is 6.38. The van der Waals surface area contributed by atoms with Gasteiger partial charge >= 0.3 is 0 Å². The summed E-state index contributed by atoms with van der Waals surface area (Å²) in [7, 11) is 0. The predicted molar refractivity (Wildman–Crippen MR) is 104 cm³/mol. The van der Waals surface area contributed by atoms with Gasteiger partial charge in [-0.3, -0.25) is 9.79 Å². The van der Waals surface area contributed by atoms with Crippen molar-refractivity contribution in [3.05, 3.63) is 71.3 Å². The van der Waals surface area contributed by atoms with Crippen LogP contribution >= 0.6 is 0 Å². The van der Waals surface area contributed by atoms with Gasteiger partial charge in [-0.25, -0.2) is 0 Å². The molecule has 0 saturated heterocycles. The first-order valence-corrected chi connectivity index (χ1v) is 8.59. The highest BCUT2D eigenvalue weighted by atomic mass is 16.1. The summed E-state index contributed by atoms with van der Waals surface area (Å²) in [6.45, 7) is 6.03. The van der Waals surface area contributed by atoms with E-state index in [9.17, 15) is 4.79 Å². The molecule has 0 bridgehead atoms. The van der Waals surface area contributed by atoms with E-state index in [4.69, 9.17) is 0 Å². The minimum absolute atomic E-state index is 0.142. The van der Waals surface area contributed by atoms with Gasteiger partial charge in [-0.1, -0.05) is 38.1 Å². The molecule has 0 spiro atoms. The normalized spacial score (nSPS) is 13.8. The zero-order valence-electron chi connectivity index (χ0n) is 14.6. The van der Waals surface area contributed by atoms with Crippen molar-refractivity contribution >= 4 is 23.5 Å². The predicted octanol–water partition coefficient (Wildman–Crippen LogP) is 3.81. The van der Waals surface area contributed by atoms with Crippen molar-refractivity contribution < 1.29 is 4.79 Å². The molecule has 4 heteroatoms. The van der Waals surface area contributed by atoms with Crippen LogP contribution in [0.2, 0.25) is 0 Å². The lowest BCUT2D eigenvalue weighted by atomic mass is 10.0. The molecule has 3 rings (SSSR count). The Morgan fingerprint density at radius 1 is 1.12 bits per heavy atom. The van der Waals surface area contributed by atoms with Gasteiger partial charge in [0.05, 0.1) is 6.54 Å². The first-order chi connectivity index (χ1) is 12.1. The molecule has 1 aliphatic rings. The van der Waals surface area contributed by atoms with Gasteiger partial charge in [0.25, 0.3) is 0 Å². The summed E-state index contributed by atoms with van der Waals surface area (Å²) < 4.78 is 0.